The third-order valence-electron chi connectivity index (χ3n) is 2.77. The van der Waals surface area contributed by atoms with E-state index < -0.39 is 17.7 Å². The lowest BCUT2D eigenvalue weighted by Crippen LogP contribution is -2.11. The summed E-state index contributed by atoms with van der Waals surface area (Å²) in [6, 6.07) is 3.39. The number of hydrogen-bond donors (Lipinski definition) is 2. The Labute approximate surface area is 126 Å². The fourth-order valence-electron chi connectivity index (χ4n) is 1.85. The van der Waals surface area contributed by atoms with Crippen molar-refractivity contribution >= 4 is 32.5 Å². The summed E-state index contributed by atoms with van der Waals surface area (Å²) < 4.78 is 52.8. The van der Waals surface area contributed by atoms with Crippen LogP contribution in [0.4, 0.5) is 23.2 Å². The molecule has 0 aliphatic heterocycles. The molecule has 0 aliphatic rings. The molecule has 1 aromatic carbocycles. The van der Waals surface area contributed by atoms with E-state index in [4.69, 9.17) is 5.11 Å². The zero-order valence-electron chi connectivity index (χ0n) is 10.6. The highest BCUT2D eigenvalue weighted by Gasteiger charge is 2.33. The number of nitrogens with zero attached hydrogens (tertiary/aromatic N) is 1. The van der Waals surface area contributed by atoms with Crippen LogP contribution in [-0.2, 0) is 6.18 Å². The van der Waals surface area contributed by atoms with Gasteiger partial charge < -0.3 is 10.4 Å². The molecule has 2 rings (SSSR count). The molecule has 2 N–H and O–H groups in total. The van der Waals surface area contributed by atoms with Gasteiger partial charge in [0.1, 0.15) is 11.2 Å². The van der Waals surface area contributed by atoms with E-state index in [9.17, 15) is 17.6 Å². The fourth-order valence-corrected chi connectivity index (χ4v) is 2.28. The molecule has 0 unspecified atom stereocenters. The van der Waals surface area contributed by atoms with E-state index in [0.717, 1.165) is 12.1 Å². The molecule has 1 heterocycles. The van der Waals surface area contributed by atoms with Crippen LogP contribution in [0.5, 0.6) is 0 Å². The summed E-state index contributed by atoms with van der Waals surface area (Å²) in [6.45, 7) is 0.168. The topological polar surface area (TPSA) is 45.1 Å². The lowest BCUT2D eigenvalue weighted by Gasteiger charge is -2.14. The predicted octanol–water partition coefficient (Wildman–Crippen LogP) is 3.95. The number of pyridine rings is 1. The lowest BCUT2D eigenvalue weighted by molar-refractivity contribution is -0.140. The number of halogens is 5. The van der Waals surface area contributed by atoms with E-state index in [-0.39, 0.29) is 29.7 Å². The second-order valence-electron chi connectivity index (χ2n) is 4.34. The van der Waals surface area contributed by atoms with Gasteiger partial charge in [-0.25, -0.2) is 9.37 Å². The largest absolute Gasteiger partial charge is 0.433 e. The first kappa shape index (κ1) is 16.0. The zero-order chi connectivity index (χ0) is 15.6. The summed E-state index contributed by atoms with van der Waals surface area (Å²) in [5.74, 6) is -0.837. The van der Waals surface area contributed by atoms with E-state index >= 15 is 0 Å². The van der Waals surface area contributed by atoms with Crippen LogP contribution in [0.2, 0.25) is 0 Å². The van der Waals surface area contributed by atoms with E-state index in [1.54, 1.807) is 0 Å². The summed E-state index contributed by atoms with van der Waals surface area (Å²) in [5.41, 5.74) is -1.39. The van der Waals surface area contributed by atoms with Crippen LogP contribution in [0, 0.1) is 5.82 Å². The maximum Gasteiger partial charge on any atom is 0.433 e. The number of aromatic nitrogens is 1. The smallest absolute Gasteiger partial charge is 0.396 e. The molecular formula is C13H11BrF4N2O. The van der Waals surface area contributed by atoms with Crippen molar-refractivity contribution in [3.63, 3.8) is 0 Å². The summed E-state index contributed by atoms with van der Waals surface area (Å²) >= 11 is 3.10. The third-order valence-corrected chi connectivity index (χ3v) is 3.23. The van der Waals surface area contributed by atoms with Crippen molar-refractivity contribution in [2.45, 2.75) is 12.6 Å². The molecule has 0 saturated carbocycles. The molecule has 0 amide bonds. The number of nitrogens with one attached hydrogen (secondary N) is 1. The second kappa shape index (κ2) is 6.15. The molecular weight excluding hydrogens is 356 g/mol. The Morgan fingerprint density at radius 3 is 2.57 bits per heavy atom. The standard InChI is InChI=1S/C13H11BrF4N2O/c14-7-4-8-10(19-2-1-3-21)6-11(13(16,17)18)20-12(8)9(15)5-7/h4-6,21H,1-3H2,(H,19,20). The van der Waals surface area contributed by atoms with E-state index in [1.165, 1.54) is 6.07 Å². The maximum atomic E-state index is 13.9. The van der Waals surface area contributed by atoms with Crippen molar-refractivity contribution < 1.29 is 22.7 Å². The number of aliphatic hydroxyl groups excluding tert-OH is 1. The summed E-state index contributed by atoms with van der Waals surface area (Å²) in [7, 11) is 0. The maximum absolute atomic E-state index is 13.9. The number of fused-ring (bicyclic) bond motifs is 1. The minimum absolute atomic E-state index is 0.0970. The SMILES string of the molecule is OCCCNc1cc(C(F)(F)F)nc2c(F)cc(Br)cc12. The monoisotopic (exact) mass is 366 g/mol. The molecule has 114 valence electrons. The van der Waals surface area contributed by atoms with Crippen molar-refractivity contribution in [3.05, 3.63) is 34.2 Å². The number of rotatable bonds is 4. The van der Waals surface area contributed by atoms with Crippen LogP contribution >= 0.6 is 15.9 Å². The quantitative estimate of drug-likeness (QED) is 0.636. The van der Waals surface area contributed by atoms with Gasteiger partial charge in [-0.3, -0.25) is 0 Å². The normalized spacial score (nSPS) is 11.9. The zero-order valence-corrected chi connectivity index (χ0v) is 12.2. The molecule has 0 aliphatic carbocycles. The molecule has 0 atom stereocenters. The first-order valence-corrected chi connectivity index (χ1v) is 6.84. The Balaban J connectivity index is 2.61. The van der Waals surface area contributed by atoms with Crippen molar-refractivity contribution in [1.82, 2.24) is 4.98 Å². The molecule has 1 aromatic heterocycles. The van der Waals surface area contributed by atoms with Crippen LogP contribution in [0.25, 0.3) is 10.9 Å². The van der Waals surface area contributed by atoms with E-state index in [2.05, 4.69) is 26.2 Å². The Kier molecular flexibility index (Phi) is 4.67. The van der Waals surface area contributed by atoms with Crippen LogP contribution in [0.15, 0.2) is 22.7 Å². The number of hydrogen-bond acceptors (Lipinski definition) is 3. The van der Waals surface area contributed by atoms with Crippen molar-refractivity contribution in [2.24, 2.45) is 0 Å². The summed E-state index contributed by atoms with van der Waals surface area (Å²) in [5, 5.41) is 11.7. The van der Waals surface area contributed by atoms with Crippen LogP contribution in [0.1, 0.15) is 12.1 Å². The lowest BCUT2D eigenvalue weighted by atomic mass is 10.1. The van der Waals surface area contributed by atoms with Gasteiger partial charge >= 0.3 is 6.18 Å². The molecule has 3 nitrogen and oxygen atoms in total. The molecule has 0 fully saturated rings. The van der Waals surface area contributed by atoms with Gasteiger partial charge in [-0.2, -0.15) is 13.2 Å². The minimum Gasteiger partial charge on any atom is -0.396 e. The Morgan fingerprint density at radius 2 is 1.95 bits per heavy atom. The van der Waals surface area contributed by atoms with Gasteiger partial charge in [-0.05, 0) is 24.6 Å². The number of benzene rings is 1. The number of alkyl halides is 3. The minimum atomic E-state index is -4.67. The summed E-state index contributed by atoms with van der Waals surface area (Å²) in [6.07, 6.45) is -4.30. The van der Waals surface area contributed by atoms with E-state index in [0.29, 0.717) is 10.9 Å². The number of anilines is 1. The molecule has 0 spiro atoms. The first-order chi connectivity index (χ1) is 9.82. The second-order valence-corrected chi connectivity index (χ2v) is 5.26. The average Bonchev–Trinajstić information content (AvgIpc) is 2.38. The van der Waals surface area contributed by atoms with Crippen molar-refractivity contribution in [2.75, 3.05) is 18.5 Å². The highest BCUT2D eigenvalue weighted by atomic mass is 79.9. The van der Waals surface area contributed by atoms with Gasteiger partial charge in [0.05, 0.1) is 0 Å². The third kappa shape index (κ3) is 3.62. The molecule has 0 saturated heterocycles. The Bertz CT molecular complexity index is 661. The van der Waals surface area contributed by atoms with Crippen molar-refractivity contribution in [3.8, 4) is 0 Å². The Hall–Kier alpha value is -1.41. The van der Waals surface area contributed by atoms with Crippen LogP contribution < -0.4 is 5.32 Å². The van der Waals surface area contributed by atoms with Gasteiger partial charge in [0.2, 0.25) is 0 Å². The average molecular weight is 367 g/mol. The predicted molar refractivity (Wildman–Crippen MR) is 74.6 cm³/mol. The molecule has 8 heteroatoms. The molecule has 2 aromatic rings. The highest BCUT2D eigenvalue weighted by molar-refractivity contribution is 9.10. The van der Waals surface area contributed by atoms with Gasteiger partial charge in [0, 0.05) is 28.7 Å². The Morgan fingerprint density at radius 1 is 1.24 bits per heavy atom. The highest BCUT2D eigenvalue weighted by Crippen LogP contribution is 2.35. The van der Waals surface area contributed by atoms with Crippen molar-refractivity contribution in [1.29, 1.82) is 0 Å². The fraction of sp³-hybridized carbons (Fsp3) is 0.308. The van der Waals surface area contributed by atoms with Crippen LogP contribution in [0.3, 0.4) is 0 Å². The van der Waals surface area contributed by atoms with Crippen LogP contribution in [-0.4, -0.2) is 23.2 Å². The van der Waals surface area contributed by atoms with Gasteiger partial charge in [0.25, 0.3) is 0 Å². The van der Waals surface area contributed by atoms with E-state index in [1.807, 2.05) is 0 Å². The van der Waals surface area contributed by atoms with Gasteiger partial charge in [-0.15, -0.1) is 0 Å². The number of aliphatic hydroxyl groups is 1. The molecule has 0 bridgehead atoms. The molecule has 0 radical (unpaired) electrons. The first-order valence-electron chi connectivity index (χ1n) is 6.04. The van der Waals surface area contributed by atoms with Gasteiger partial charge in [0.15, 0.2) is 5.82 Å². The van der Waals surface area contributed by atoms with Gasteiger partial charge in [-0.1, -0.05) is 15.9 Å². The molecule has 21 heavy (non-hydrogen) atoms. The summed E-state index contributed by atoms with van der Waals surface area (Å²) in [4.78, 5) is 3.37.